The lowest BCUT2D eigenvalue weighted by atomic mass is 9.88. The van der Waals surface area contributed by atoms with E-state index in [2.05, 4.69) is 36.2 Å². The van der Waals surface area contributed by atoms with Gasteiger partial charge in [0.1, 0.15) is 0 Å². The topological polar surface area (TPSA) is 53.0 Å². The van der Waals surface area contributed by atoms with E-state index >= 15 is 0 Å². The van der Waals surface area contributed by atoms with Gasteiger partial charge in [-0.05, 0) is 48.7 Å². The van der Waals surface area contributed by atoms with Crippen LogP contribution in [0.15, 0.2) is 42.5 Å². The second-order valence-electron chi connectivity index (χ2n) is 7.71. The zero-order valence-electron chi connectivity index (χ0n) is 16.0. The molecular weight excluding hydrogens is 376 g/mol. The monoisotopic (exact) mass is 400 g/mol. The van der Waals surface area contributed by atoms with Crippen LogP contribution in [0.5, 0.6) is 5.75 Å². The maximum atomic E-state index is 12.5. The molecule has 0 aromatic heterocycles. The van der Waals surface area contributed by atoms with Crippen LogP contribution in [0.1, 0.15) is 29.0 Å². The van der Waals surface area contributed by atoms with Crippen molar-refractivity contribution in [2.45, 2.75) is 24.9 Å². The molecular formula is C22H25ClN2O3. The number of aliphatic hydroxyl groups is 1. The summed E-state index contributed by atoms with van der Waals surface area (Å²) in [6.45, 7) is 2.65. The zero-order valence-corrected chi connectivity index (χ0v) is 16.7. The van der Waals surface area contributed by atoms with E-state index < -0.39 is 12.2 Å². The number of rotatable bonds is 2. The highest BCUT2D eigenvalue weighted by molar-refractivity contribution is 6.32. The minimum absolute atomic E-state index is 0.187. The van der Waals surface area contributed by atoms with E-state index in [4.69, 9.17) is 16.3 Å². The molecule has 1 unspecified atom stereocenters. The second-order valence-corrected chi connectivity index (χ2v) is 8.12. The predicted molar refractivity (Wildman–Crippen MR) is 109 cm³/mol. The van der Waals surface area contributed by atoms with Gasteiger partial charge in [0.2, 0.25) is 0 Å². The van der Waals surface area contributed by atoms with Crippen molar-refractivity contribution in [3.8, 4) is 5.75 Å². The summed E-state index contributed by atoms with van der Waals surface area (Å²) in [7, 11) is 2.13. The van der Waals surface area contributed by atoms with Crippen LogP contribution < -0.4 is 4.74 Å². The molecule has 2 atom stereocenters. The average molecular weight is 401 g/mol. The van der Waals surface area contributed by atoms with Gasteiger partial charge in [-0.3, -0.25) is 0 Å². The standard InChI is InChI=1S/C22H25ClN2O3/c1-24-9-7-16-11-20(23)21(28-22(27)25-10-8-17(26)13-25)12-18(16)19(14-24)15-5-3-2-4-6-15/h2-6,11-12,17,19,26H,7-10,13-14H2,1H3/t17?,19-/m0/s1. The van der Waals surface area contributed by atoms with Crippen molar-refractivity contribution in [3.63, 3.8) is 0 Å². The molecule has 2 aliphatic heterocycles. The fourth-order valence-corrected chi connectivity index (χ4v) is 4.30. The molecule has 2 aromatic rings. The number of hydrogen-bond donors (Lipinski definition) is 1. The lowest BCUT2D eigenvalue weighted by molar-refractivity contribution is 0.145. The first-order valence-corrected chi connectivity index (χ1v) is 10.1. The van der Waals surface area contributed by atoms with Crippen LogP contribution in [0.2, 0.25) is 5.02 Å². The molecule has 2 aliphatic rings. The summed E-state index contributed by atoms with van der Waals surface area (Å²) < 4.78 is 5.63. The molecule has 1 fully saturated rings. The lowest BCUT2D eigenvalue weighted by Gasteiger charge is -2.23. The summed E-state index contributed by atoms with van der Waals surface area (Å²) in [6, 6.07) is 14.3. The third-order valence-corrected chi connectivity index (χ3v) is 5.94. The Morgan fingerprint density at radius 2 is 1.96 bits per heavy atom. The zero-order chi connectivity index (χ0) is 19.7. The maximum Gasteiger partial charge on any atom is 0.415 e. The molecule has 0 spiro atoms. The van der Waals surface area contributed by atoms with Crippen molar-refractivity contribution >= 4 is 17.7 Å². The Bertz CT molecular complexity index is 858. The van der Waals surface area contributed by atoms with E-state index in [0.717, 1.165) is 25.1 Å². The first kappa shape index (κ1) is 19.2. The minimum atomic E-state index is -0.479. The van der Waals surface area contributed by atoms with Crippen LogP contribution in [0.3, 0.4) is 0 Å². The van der Waals surface area contributed by atoms with Crippen molar-refractivity contribution in [2.24, 2.45) is 0 Å². The Morgan fingerprint density at radius 1 is 1.18 bits per heavy atom. The number of carbonyl (C=O) groups excluding carboxylic acids is 1. The first-order chi connectivity index (χ1) is 13.5. The third kappa shape index (κ3) is 4.02. The molecule has 2 heterocycles. The van der Waals surface area contributed by atoms with Gasteiger partial charge in [-0.15, -0.1) is 0 Å². The van der Waals surface area contributed by atoms with Crippen LogP contribution in [-0.4, -0.2) is 60.3 Å². The van der Waals surface area contributed by atoms with Crippen molar-refractivity contribution in [1.82, 2.24) is 9.80 Å². The molecule has 1 N–H and O–H groups in total. The Balaban J connectivity index is 1.66. The van der Waals surface area contributed by atoms with Gasteiger partial charge >= 0.3 is 6.09 Å². The first-order valence-electron chi connectivity index (χ1n) is 9.72. The van der Waals surface area contributed by atoms with Gasteiger partial charge in [0.25, 0.3) is 0 Å². The van der Waals surface area contributed by atoms with Crippen molar-refractivity contribution in [3.05, 3.63) is 64.2 Å². The number of hydrogen-bond acceptors (Lipinski definition) is 4. The molecule has 6 heteroatoms. The summed E-state index contributed by atoms with van der Waals surface area (Å²) in [5.41, 5.74) is 3.59. The fraction of sp³-hybridized carbons (Fsp3) is 0.409. The summed E-state index contributed by atoms with van der Waals surface area (Å²) >= 11 is 6.47. The van der Waals surface area contributed by atoms with E-state index in [0.29, 0.717) is 30.3 Å². The SMILES string of the molecule is CN1CCc2cc(Cl)c(OC(=O)N3CCC(O)C3)cc2[C@H](c2ccccc2)C1. The van der Waals surface area contributed by atoms with E-state index in [-0.39, 0.29) is 5.92 Å². The van der Waals surface area contributed by atoms with Gasteiger partial charge < -0.3 is 19.6 Å². The van der Waals surface area contributed by atoms with Gasteiger partial charge in [0.15, 0.2) is 5.75 Å². The number of carbonyl (C=O) groups is 1. The second kappa shape index (κ2) is 8.11. The molecule has 1 amide bonds. The molecule has 28 heavy (non-hydrogen) atoms. The van der Waals surface area contributed by atoms with Crippen LogP contribution in [0, 0.1) is 0 Å². The predicted octanol–water partition coefficient (Wildman–Crippen LogP) is 3.53. The molecule has 4 rings (SSSR count). The van der Waals surface area contributed by atoms with E-state index in [1.54, 1.807) is 0 Å². The molecule has 0 aliphatic carbocycles. The highest BCUT2D eigenvalue weighted by Crippen LogP contribution is 2.37. The largest absolute Gasteiger partial charge is 0.415 e. The number of benzene rings is 2. The summed E-state index contributed by atoms with van der Waals surface area (Å²) in [5.74, 6) is 0.573. The number of likely N-dealkylation sites (tertiary alicyclic amines) is 1. The number of β-amino-alcohol motifs (C(OH)–C–C–N with tert-alkyl or cyclic N) is 1. The normalized spacial score (nSPS) is 22.6. The highest BCUT2D eigenvalue weighted by Gasteiger charge is 2.28. The number of ether oxygens (including phenoxy) is 1. The van der Waals surface area contributed by atoms with Crippen molar-refractivity contribution < 1.29 is 14.6 Å². The summed E-state index contributed by atoms with van der Waals surface area (Å²) in [6.07, 6.45) is 0.546. The quantitative estimate of drug-likeness (QED) is 0.837. The molecule has 5 nitrogen and oxygen atoms in total. The Hall–Kier alpha value is -2.08. The van der Waals surface area contributed by atoms with E-state index in [1.165, 1.54) is 16.0 Å². The minimum Gasteiger partial charge on any atom is -0.409 e. The van der Waals surface area contributed by atoms with Gasteiger partial charge in [-0.1, -0.05) is 41.9 Å². The number of nitrogens with zero attached hydrogens (tertiary/aromatic N) is 2. The Kier molecular flexibility index (Phi) is 5.58. The van der Waals surface area contributed by atoms with Crippen LogP contribution in [0.4, 0.5) is 4.79 Å². The van der Waals surface area contributed by atoms with E-state index in [1.807, 2.05) is 18.2 Å². The highest BCUT2D eigenvalue weighted by atomic mass is 35.5. The molecule has 0 bridgehead atoms. The van der Waals surface area contributed by atoms with Gasteiger partial charge in [-0.25, -0.2) is 4.79 Å². The number of likely N-dealkylation sites (N-methyl/N-ethyl adjacent to an activating group) is 1. The number of halogens is 1. The number of aliphatic hydroxyl groups excluding tert-OH is 1. The third-order valence-electron chi connectivity index (χ3n) is 5.65. The smallest absolute Gasteiger partial charge is 0.409 e. The summed E-state index contributed by atoms with van der Waals surface area (Å²) in [5, 5.41) is 10.1. The molecule has 0 saturated carbocycles. The van der Waals surface area contributed by atoms with Crippen molar-refractivity contribution in [1.29, 1.82) is 0 Å². The van der Waals surface area contributed by atoms with Gasteiger partial charge in [0, 0.05) is 32.1 Å². The molecule has 0 radical (unpaired) electrons. The van der Waals surface area contributed by atoms with Crippen LogP contribution in [0.25, 0.3) is 0 Å². The summed E-state index contributed by atoms with van der Waals surface area (Å²) in [4.78, 5) is 16.3. The Labute approximate surface area is 170 Å². The fourth-order valence-electron chi connectivity index (χ4n) is 4.08. The number of amides is 1. The van der Waals surface area contributed by atoms with Crippen molar-refractivity contribution in [2.75, 3.05) is 33.2 Å². The van der Waals surface area contributed by atoms with Gasteiger partial charge in [-0.2, -0.15) is 0 Å². The van der Waals surface area contributed by atoms with Gasteiger partial charge in [0.05, 0.1) is 11.1 Å². The average Bonchev–Trinajstić information content (AvgIpc) is 3.06. The number of fused-ring (bicyclic) bond motifs is 1. The molecule has 1 saturated heterocycles. The van der Waals surface area contributed by atoms with Crippen LogP contribution >= 0.6 is 11.6 Å². The maximum absolute atomic E-state index is 12.5. The lowest BCUT2D eigenvalue weighted by Crippen LogP contribution is -2.32. The molecule has 148 valence electrons. The van der Waals surface area contributed by atoms with Crippen LogP contribution in [-0.2, 0) is 6.42 Å². The molecule has 2 aromatic carbocycles. The van der Waals surface area contributed by atoms with E-state index in [9.17, 15) is 9.90 Å². The Morgan fingerprint density at radius 3 is 2.68 bits per heavy atom.